The molecule has 1 unspecified atom stereocenters. The van der Waals surface area contributed by atoms with Gasteiger partial charge in [0.2, 0.25) is 0 Å². The second-order valence-electron chi connectivity index (χ2n) is 4.97. The number of ether oxygens (including phenoxy) is 1. The topological polar surface area (TPSA) is 52.3 Å². The predicted molar refractivity (Wildman–Crippen MR) is 66.3 cm³/mol. The van der Waals surface area contributed by atoms with Crippen LogP contribution in [0.15, 0.2) is 17.5 Å². The van der Waals surface area contributed by atoms with Crippen LogP contribution < -0.4 is 5.73 Å². The average Bonchev–Trinajstić information content (AvgIpc) is 2.67. The highest BCUT2D eigenvalue weighted by Crippen LogP contribution is 2.20. The minimum Gasteiger partial charge on any atom is -0.464 e. The van der Waals surface area contributed by atoms with Gasteiger partial charge in [0.1, 0.15) is 6.04 Å². The minimum atomic E-state index is -0.639. The zero-order chi connectivity index (χ0) is 12.2. The molecule has 4 heteroatoms. The molecule has 0 aliphatic rings. The Morgan fingerprint density at radius 2 is 2.25 bits per heavy atom. The third kappa shape index (κ3) is 4.33. The lowest BCUT2D eigenvalue weighted by Gasteiger charge is -2.18. The Morgan fingerprint density at radius 3 is 2.75 bits per heavy atom. The lowest BCUT2D eigenvalue weighted by atomic mass is 9.93. The fourth-order valence-electron chi connectivity index (χ4n) is 1.13. The molecule has 16 heavy (non-hydrogen) atoms. The molecule has 90 valence electrons. The van der Waals surface area contributed by atoms with E-state index < -0.39 is 6.04 Å². The minimum absolute atomic E-state index is 0.174. The van der Waals surface area contributed by atoms with Crippen molar-refractivity contribution < 1.29 is 9.53 Å². The van der Waals surface area contributed by atoms with E-state index in [9.17, 15) is 4.79 Å². The highest BCUT2D eigenvalue weighted by atomic mass is 32.1. The van der Waals surface area contributed by atoms with E-state index >= 15 is 0 Å². The van der Waals surface area contributed by atoms with Crippen LogP contribution in [0.3, 0.4) is 0 Å². The van der Waals surface area contributed by atoms with Crippen LogP contribution in [0.2, 0.25) is 0 Å². The van der Waals surface area contributed by atoms with Crippen molar-refractivity contribution in [3.05, 3.63) is 22.4 Å². The molecule has 1 atom stereocenters. The van der Waals surface area contributed by atoms with Gasteiger partial charge in [-0.05, 0) is 23.3 Å². The van der Waals surface area contributed by atoms with Gasteiger partial charge >= 0.3 is 5.97 Å². The van der Waals surface area contributed by atoms with Gasteiger partial charge in [-0.1, -0.05) is 26.8 Å². The van der Waals surface area contributed by atoms with Gasteiger partial charge in [-0.15, -0.1) is 11.3 Å². The number of nitrogens with two attached hydrogens (primary N) is 1. The summed E-state index contributed by atoms with van der Waals surface area (Å²) in [4.78, 5) is 12.4. The highest BCUT2D eigenvalue weighted by Gasteiger charge is 2.19. The van der Waals surface area contributed by atoms with E-state index in [1.165, 1.54) is 11.3 Å². The van der Waals surface area contributed by atoms with Crippen LogP contribution in [0.25, 0.3) is 0 Å². The van der Waals surface area contributed by atoms with E-state index in [-0.39, 0.29) is 11.4 Å². The number of carbonyl (C=O) groups excluding carboxylic acids is 1. The van der Waals surface area contributed by atoms with Crippen molar-refractivity contribution in [1.82, 2.24) is 0 Å². The van der Waals surface area contributed by atoms with Gasteiger partial charge in [-0.3, -0.25) is 0 Å². The first kappa shape index (κ1) is 13.2. The summed E-state index contributed by atoms with van der Waals surface area (Å²) in [5.41, 5.74) is 5.94. The molecule has 0 bridgehead atoms. The summed E-state index contributed by atoms with van der Waals surface area (Å²) < 4.78 is 5.15. The number of hydrogen-bond donors (Lipinski definition) is 1. The van der Waals surface area contributed by atoms with Crippen molar-refractivity contribution in [2.75, 3.05) is 6.61 Å². The van der Waals surface area contributed by atoms with E-state index in [2.05, 4.69) is 20.8 Å². The van der Waals surface area contributed by atoms with Gasteiger partial charge in [0, 0.05) is 4.88 Å². The van der Waals surface area contributed by atoms with E-state index in [1.54, 1.807) is 0 Å². The first-order valence-electron chi connectivity index (χ1n) is 5.36. The Hall–Kier alpha value is -0.870. The molecule has 0 fully saturated rings. The van der Waals surface area contributed by atoms with Crippen LogP contribution >= 0.6 is 11.3 Å². The maximum Gasteiger partial charge on any atom is 0.328 e. The quantitative estimate of drug-likeness (QED) is 0.825. The fraction of sp³-hybridized carbons (Fsp3) is 0.583. The predicted octanol–water partition coefficient (Wildman–Crippen LogP) is 2.73. The van der Waals surface area contributed by atoms with Crippen molar-refractivity contribution in [1.29, 1.82) is 0 Å². The summed E-state index contributed by atoms with van der Waals surface area (Å²) in [6, 6.07) is 3.09. The van der Waals surface area contributed by atoms with Gasteiger partial charge in [0.05, 0.1) is 6.61 Å². The highest BCUT2D eigenvalue weighted by molar-refractivity contribution is 7.10. The first-order valence-corrected chi connectivity index (χ1v) is 6.24. The maximum atomic E-state index is 11.6. The summed E-state index contributed by atoms with van der Waals surface area (Å²) in [5, 5.41) is 1.90. The third-order valence-corrected chi connectivity index (χ3v) is 3.16. The molecule has 0 aliphatic carbocycles. The maximum absolute atomic E-state index is 11.6. The molecule has 0 amide bonds. The van der Waals surface area contributed by atoms with Gasteiger partial charge in [0.15, 0.2) is 0 Å². The number of rotatable bonds is 4. The first-order chi connectivity index (χ1) is 7.40. The molecule has 0 aliphatic heterocycles. The summed E-state index contributed by atoms with van der Waals surface area (Å²) in [5.74, 6) is -0.341. The van der Waals surface area contributed by atoms with Gasteiger partial charge in [-0.2, -0.15) is 0 Å². The zero-order valence-electron chi connectivity index (χ0n) is 10.0. The molecule has 1 aromatic rings. The van der Waals surface area contributed by atoms with E-state index in [0.29, 0.717) is 6.61 Å². The molecule has 3 nitrogen and oxygen atoms in total. The fourth-order valence-corrected chi connectivity index (χ4v) is 1.85. The molecule has 1 heterocycles. The molecule has 0 aromatic carbocycles. The van der Waals surface area contributed by atoms with Crippen LogP contribution in [-0.4, -0.2) is 12.6 Å². The Bertz CT molecular complexity index is 327. The number of thiophene rings is 1. The van der Waals surface area contributed by atoms with Crippen molar-refractivity contribution in [2.24, 2.45) is 11.1 Å². The van der Waals surface area contributed by atoms with Crippen molar-refractivity contribution >= 4 is 17.3 Å². The number of carbonyl (C=O) groups is 1. The van der Waals surface area contributed by atoms with Crippen LogP contribution in [0.5, 0.6) is 0 Å². The molecular weight excluding hydrogens is 222 g/mol. The lowest BCUT2D eigenvalue weighted by molar-refractivity contribution is -0.145. The van der Waals surface area contributed by atoms with Crippen LogP contribution in [0.4, 0.5) is 0 Å². The number of hydrogen-bond acceptors (Lipinski definition) is 4. The van der Waals surface area contributed by atoms with Gasteiger partial charge < -0.3 is 10.5 Å². The van der Waals surface area contributed by atoms with Gasteiger partial charge in [-0.25, -0.2) is 4.79 Å². The molecule has 0 saturated carbocycles. The summed E-state index contributed by atoms with van der Waals surface area (Å²) in [6.45, 7) is 6.77. The van der Waals surface area contributed by atoms with E-state index in [1.807, 2.05) is 17.5 Å². The standard InChI is InChI=1S/C12H19NO2S/c1-12(2,3)6-7-15-11(14)10(13)9-5-4-8-16-9/h4-5,8,10H,6-7,13H2,1-3H3. The summed E-state index contributed by atoms with van der Waals surface area (Å²) in [6.07, 6.45) is 0.843. The van der Waals surface area contributed by atoms with Crippen LogP contribution in [0.1, 0.15) is 38.1 Å². The monoisotopic (exact) mass is 241 g/mol. The lowest BCUT2D eigenvalue weighted by Crippen LogP contribution is -2.24. The zero-order valence-corrected chi connectivity index (χ0v) is 10.8. The average molecular weight is 241 g/mol. The molecular formula is C12H19NO2S. The smallest absolute Gasteiger partial charge is 0.328 e. The van der Waals surface area contributed by atoms with Crippen molar-refractivity contribution in [2.45, 2.75) is 33.2 Å². The largest absolute Gasteiger partial charge is 0.464 e. The normalized spacial score (nSPS) is 13.5. The van der Waals surface area contributed by atoms with Crippen molar-refractivity contribution in [3.63, 3.8) is 0 Å². The van der Waals surface area contributed by atoms with Crippen LogP contribution in [-0.2, 0) is 9.53 Å². The van der Waals surface area contributed by atoms with Gasteiger partial charge in [0.25, 0.3) is 0 Å². The van der Waals surface area contributed by atoms with Crippen molar-refractivity contribution in [3.8, 4) is 0 Å². The second kappa shape index (κ2) is 5.46. The SMILES string of the molecule is CC(C)(C)CCOC(=O)C(N)c1cccs1. The van der Waals surface area contributed by atoms with Crippen LogP contribution in [0, 0.1) is 5.41 Å². The van der Waals surface area contributed by atoms with E-state index in [4.69, 9.17) is 10.5 Å². The second-order valence-corrected chi connectivity index (χ2v) is 5.95. The molecule has 0 spiro atoms. The molecule has 1 rings (SSSR count). The Balaban J connectivity index is 2.36. The molecule has 2 N–H and O–H groups in total. The Kier molecular flexibility index (Phi) is 4.50. The molecule has 0 radical (unpaired) electrons. The summed E-state index contributed by atoms with van der Waals surface area (Å²) in [7, 11) is 0. The molecule has 0 saturated heterocycles. The summed E-state index contributed by atoms with van der Waals surface area (Å²) >= 11 is 1.47. The number of esters is 1. The Labute approximate surface area is 101 Å². The third-order valence-electron chi connectivity index (χ3n) is 2.20. The molecule has 1 aromatic heterocycles. The Morgan fingerprint density at radius 1 is 1.56 bits per heavy atom. The van der Waals surface area contributed by atoms with E-state index in [0.717, 1.165) is 11.3 Å².